The van der Waals surface area contributed by atoms with Crippen molar-refractivity contribution in [1.82, 2.24) is 0 Å². The van der Waals surface area contributed by atoms with Crippen LogP contribution < -0.4 is 9.46 Å². The van der Waals surface area contributed by atoms with E-state index in [2.05, 4.69) is 4.72 Å². The zero-order valence-electron chi connectivity index (χ0n) is 11.4. The van der Waals surface area contributed by atoms with Gasteiger partial charge in [-0.1, -0.05) is 6.92 Å². The van der Waals surface area contributed by atoms with Gasteiger partial charge < -0.3 is 4.74 Å². The monoisotopic (exact) mass is 271 g/mol. The predicted octanol–water partition coefficient (Wildman–Crippen LogP) is 2.93. The zero-order valence-corrected chi connectivity index (χ0v) is 12.2. The number of aryl methyl sites for hydroxylation is 1. The molecule has 0 saturated carbocycles. The summed E-state index contributed by atoms with van der Waals surface area (Å²) in [4.78, 5) is 0. The standard InChI is InChI=1S/C13H21NO3S/c1-5-8-18(15,16)14-13-7-6-12(9-11(13)4)17-10(2)3/h6-7,9-10,14H,5,8H2,1-4H3. The van der Waals surface area contributed by atoms with Crippen molar-refractivity contribution in [2.45, 2.75) is 40.2 Å². The average Bonchev–Trinajstić information content (AvgIpc) is 2.21. The van der Waals surface area contributed by atoms with Crippen molar-refractivity contribution < 1.29 is 13.2 Å². The van der Waals surface area contributed by atoms with Gasteiger partial charge in [-0.3, -0.25) is 4.72 Å². The molecule has 0 aliphatic rings. The quantitative estimate of drug-likeness (QED) is 0.865. The lowest BCUT2D eigenvalue weighted by Crippen LogP contribution is -2.16. The molecular formula is C13H21NO3S. The second kappa shape index (κ2) is 6.09. The number of nitrogens with one attached hydrogen (secondary N) is 1. The summed E-state index contributed by atoms with van der Waals surface area (Å²) in [5.41, 5.74) is 1.47. The third-order valence-corrected chi connectivity index (χ3v) is 3.78. The maximum absolute atomic E-state index is 11.7. The van der Waals surface area contributed by atoms with E-state index >= 15 is 0 Å². The first kappa shape index (κ1) is 14.8. The SMILES string of the molecule is CCCS(=O)(=O)Nc1ccc(OC(C)C)cc1C. The van der Waals surface area contributed by atoms with Crippen LogP contribution in [0.25, 0.3) is 0 Å². The summed E-state index contributed by atoms with van der Waals surface area (Å²) < 4.78 is 31.5. The van der Waals surface area contributed by atoms with Gasteiger partial charge >= 0.3 is 0 Å². The number of rotatable bonds is 6. The highest BCUT2D eigenvalue weighted by molar-refractivity contribution is 7.92. The summed E-state index contributed by atoms with van der Waals surface area (Å²) in [6, 6.07) is 5.35. The number of benzene rings is 1. The molecule has 0 fully saturated rings. The van der Waals surface area contributed by atoms with E-state index in [0.717, 1.165) is 11.3 Å². The Morgan fingerprint density at radius 2 is 2.00 bits per heavy atom. The van der Waals surface area contributed by atoms with Gasteiger partial charge in [-0.15, -0.1) is 0 Å². The smallest absolute Gasteiger partial charge is 0.232 e. The van der Waals surface area contributed by atoms with E-state index < -0.39 is 10.0 Å². The Hall–Kier alpha value is -1.23. The van der Waals surface area contributed by atoms with Gasteiger partial charge in [0.2, 0.25) is 10.0 Å². The molecule has 0 bridgehead atoms. The van der Waals surface area contributed by atoms with Crippen LogP contribution in [0.3, 0.4) is 0 Å². The van der Waals surface area contributed by atoms with Crippen LogP contribution in [0.15, 0.2) is 18.2 Å². The molecule has 1 rings (SSSR count). The molecule has 18 heavy (non-hydrogen) atoms. The number of hydrogen-bond acceptors (Lipinski definition) is 3. The minimum absolute atomic E-state index is 0.104. The first-order chi connectivity index (χ1) is 8.34. The first-order valence-electron chi connectivity index (χ1n) is 6.12. The molecule has 0 heterocycles. The van der Waals surface area contributed by atoms with Crippen LogP contribution in [0.4, 0.5) is 5.69 Å². The Balaban J connectivity index is 2.86. The van der Waals surface area contributed by atoms with Crippen LogP contribution in [0, 0.1) is 6.92 Å². The fraction of sp³-hybridized carbons (Fsp3) is 0.538. The van der Waals surface area contributed by atoms with E-state index in [1.807, 2.05) is 33.8 Å². The average molecular weight is 271 g/mol. The van der Waals surface area contributed by atoms with Crippen molar-refractivity contribution in [3.63, 3.8) is 0 Å². The number of sulfonamides is 1. The van der Waals surface area contributed by atoms with Gasteiger partial charge in [0.05, 0.1) is 17.5 Å². The fourth-order valence-corrected chi connectivity index (χ4v) is 2.79. The molecule has 1 aromatic rings. The van der Waals surface area contributed by atoms with Crippen LogP contribution in [0.2, 0.25) is 0 Å². The van der Waals surface area contributed by atoms with E-state index in [9.17, 15) is 8.42 Å². The third-order valence-electron chi connectivity index (χ3n) is 2.31. The summed E-state index contributed by atoms with van der Waals surface area (Å²) >= 11 is 0. The molecule has 0 spiro atoms. The summed E-state index contributed by atoms with van der Waals surface area (Å²) in [5, 5.41) is 0. The molecule has 0 radical (unpaired) electrons. The van der Waals surface area contributed by atoms with E-state index in [1.165, 1.54) is 0 Å². The van der Waals surface area contributed by atoms with Gasteiger partial charge in [0.15, 0.2) is 0 Å². The molecule has 1 aromatic carbocycles. The van der Waals surface area contributed by atoms with Gasteiger partial charge in [0, 0.05) is 0 Å². The molecule has 0 aromatic heterocycles. The van der Waals surface area contributed by atoms with Gasteiger partial charge in [-0.25, -0.2) is 8.42 Å². The minimum Gasteiger partial charge on any atom is -0.491 e. The van der Waals surface area contributed by atoms with Crippen molar-refractivity contribution in [3.8, 4) is 5.75 Å². The fourth-order valence-electron chi connectivity index (χ4n) is 1.58. The van der Waals surface area contributed by atoms with Crippen molar-refractivity contribution >= 4 is 15.7 Å². The Kier molecular flexibility index (Phi) is 5.02. The summed E-state index contributed by atoms with van der Waals surface area (Å²) in [6.07, 6.45) is 0.704. The van der Waals surface area contributed by atoms with Gasteiger partial charge in [-0.2, -0.15) is 0 Å². The summed E-state index contributed by atoms with van der Waals surface area (Å²) in [5.74, 6) is 0.886. The summed E-state index contributed by atoms with van der Waals surface area (Å²) in [6.45, 7) is 7.60. The molecule has 1 N–H and O–H groups in total. The first-order valence-corrected chi connectivity index (χ1v) is 7.77. The molecule has 102 valence electrons. The van der Waals surface area contributed by atoms with E-state index in [0.29, 0.717) is 12.1 Å². The number of hydrogen-bond donors (Lipinski definition) is 1. The highest BCUT2D eigenvalue weighted by atomic mass is 32.2. The predicted molar refractivity (Wildman–Crippen MR) is 74.6 cm³/mol. The Morgan fingerprint density at radius 3 is 2.50 bits per heavy atom. The largest absolute Gasteiger partial charge is 0.491 e. The van der Waals surface area contributed by atoms with Crippen LogP contribution >= 0.6 is 0 Å². The lowest BCUT2D eigenvalue weighted by atomic mass is 10.2. The molecule has 0 aliphatic heterocycles. The second-order valence-electron chi connectivity index (χ2n) is 4.56. The lowest BCUT2D eigenvalue weighted by Gasteiger charge is -2.13. The molecule has 0 unspecified atom stereocenters. The summed E-state index contributed by atoms with van der Waals surface area (Å²) in [7, 11) is -3.23. The minimum atomic E-state index is -3.23. The van der Waals surface area contributed by atoms with Gasteiger partial charge in [0.1, 0.15) is 5.75 Å². The number of anilines is 1. The lowest BCUT2D eigenvalue weighted by molar-refractivity contribution is 0.242. The third kappa shape index (κ3) is 4.56. The van der Waals surface area contributed by atoms with E-state index in [-0.39, 0.29) is 11.9 Å². The van der Waals surface area contributed by atoms with Crippen molar-refractivity contribution in [3.05, 3.63) is 23.8 Å². The van der Waals surface area contributed by atoms with E-state index in [4.69, 9.17) is 4.74 Å². The molecule has 0 amide bonds. The molecule has 5 heteroatoms. The van der Waals surface area contributed by atoms with Gasteiger partial charge in [-0.05, 0) is 51.0 Å². The normalized spacial score (nSPS) is 11.6. The second-order valence-corrected chi connectivity index (χ2v) is 6.41. The Morgan fingerprint density at radius 1 is 1.33 bits per heavy atom. The van der Waals surface area contributed by atoms with Crippen LogP contribution in [-0.2, 0) is 10.0 Å². The maximum atomic E-state index is 11.7. The highest BCUT2D eigenvalue weighted by Gasteiger charge is 2.11. The topological polar surface area (TPSA) is 55.4 Å². The molecular weight excluding hydrogens is 250 g/mol. The number of ether oxygens (including phenoxy) is 1. The van der Waals surface area contributed by atoms with Crippen LogP contribution in [0.1, 0.15) is 32.8 Å². The molecule has 0 aliphatic carbocycles. The Labute approximate surface area is 109 Å². The highest BCUT2D eigenvalue weighted by Crippen LogP contribution is 2.23. The molecule has 0 atom stereocenters. The van der Waals surface area contributed by atoms with Crippen LogP contribution in [-0.4, -0.2) is 20.3 Å². The van der Waals surface area contributed by atoms with Gasteiger partial charge in [0.25, 0.3) is 0 Å². The molecule has 4 nitrogen and oxygen atoms in total. The van der Waals surface area contributed by atoms with E-state index in [1.54, 1.807) is 12.1 Å². The Bertz CT molecular complexity index is 495. The van der Waals surface area contributed by atoms with Crippen molar-refractivity contribution in [2.75, 3.05) is 10.5 Å². The van der Waals surface area contributed by atoms with Crippen molar-refractivity contribution in [2.24, 2.45) is 0 Å². The van der Waals surface area contributed by atoms with Crippen molar-refractivity contribution in [1.29, 1.82) is 0 Å². The molecule has 0 saturated heterocycles. The van der Waals surface area contributed by atoms with Crippen LogP contribution in [0.5, 0.6) is 5.75 Å². The zero-order chi connectivity index (χ0) is 13.8. The maximum Gasteiger partial charge on any atom is 0.232 e.